The van der Waals surface area contributed by atoms with Crippen molar-refractivity contribution >= 4 is 17.3 Å². The molecular weight excluding hydrogens is 410 g/mol. The maximum Gasteiger partial charge on any atom is 0.303 e. The van der Waals surface area contributed by atoms with Gasteiger partial charge in [0.05, 0.1) is 18.8 Å². The number of thiophene rings is 1. The Balaban J connectivity index is 1.40. The van der Waals surface area contributed by atoms with Gasteiger partial charge in [-0.3, -0.25) is 4.79 Å². The molecule has 1 unspecified atom stereocenters. The Kier molecular flexibility index (Phi) is 8.28. The third kappa shape index (κ3) is 7.14. The molecule has 1 heterocycles. The molecule has 0 spiro atoms. The molecule has 5 nitrogen and oxygen atoms in total. The van der Waals surface area contributed by atoms with Crippen LogP contribution >= 0.6 is 11.3 Å². The number of nitrogens with one attached hydrogen (secondary N) is 1. The van der Waals surface area contributed by atoms with Crippen molar-refractivity contribution in [3.05, 3.63) is 57.3 Å². The Hall–Kier alpha value is -1.73. The summed E-state index contributed by atoms with van der Waals surface area (Å²) in [7, 11) is 0. The summed E-state index contributed by atoms with van der Waals surface area (Å²) < 4.78 is 5.91. The van der Waals surface area contributed by atoms with Crippen LogP contribution in [0.15, 0.2) is 35.7 Å². The number of carboxylic acid groups (broad SMARTS) is 1. The Morgan fingerprint density at radius 2 is 1.94 bits per heavy atom. The first kappa shape index (κ1) is 23.9. The Labute approximate surface area is 189 Å². The standard InChI is InChI=1S/C25H35NO4S/c1-17(24-19(10-11-31-24)8-9-23(28)29)30-16-22(27)15-26-25(2,3)14-18-12-20-6-4-5-7-21(20)13-18/h4-7,10-11,17-18,22,26-27H,8-9,12-16H2,1-3H3,(H,28,29)/t17?,22-/m1/s1. The van der Waals surface area contributed by atoms with Crippen molar-refractivity contribution in [3.63, 3.8) is 0 Å². The Morgan fingerprint density at radius 3 is 2.58 bits per heavy atom. The Bertz CT molecular complexity index is 838. The largest absolute Gasteiger partial charge is 0.481 e. The minimum absolute atomic E-state index is 0.0585. The van der Waals surface area contributed by atoms with Crippen molar-refractivity contribution in [2.45, 2.75) is 70.6 Å². The minimum atomic E-state index is -0.795. The summed E-state index contributed by atoms with van der Waals surface area (Å²) in [4.78, 5) is 11.9. The summed E-state index contributed by atoms with van der Waals surface area (Å²) in [6, 6.07) is 10.7. The second-order valence-electron chi connectivity index (χ2n) is 9.35. The fourth-order valence-corrected chi connectivity index (χ4v) is 5.48. The highest BCUT2D eigenvalue weighted by molar-refractivity contribution is 7.10. The molecule has 0 fully saturated rings. The fraction of sp³-hybridized carbons (Fsp3) is 0.560. The van der Waals surface area contributed by atoms with Crippen molar-refractivity contribution in [2.75, 3.05) is 13.2 Å². The molecule has 0 saturated carbocycles. The molecule has 0 amide bonds. The van der Waals surface area contributed by atoms with Crippen LogP contribution in [0.3, 0.4) is 0 Å². The van der Waals surface area contributed by atoms with Crippen molar-refractivity contribution in [3.8, 4) is 0 Å². The van der Waals surface area contributed by atoms with Crippen LogP contribution < -0.4 is 5.32 Å². The van der Waals surface area contributed by atoms with E-state index in [4.69, 9.17) is 9.84 Å². The summed E-state index contributed by atoms with van der Waals surface area (Å²) in [5, 5.41) is 24.8. The average Bonchev–Trinajstić information content (AvgIpc) is 3.34. The predicted octanol–water partition coefficient (Wildman–Crippen LogP) is 4.38. The van der Waals surface area contributed by atoms with Gasteiger partial charge in [-0.1, -0.05) is 24.3 Å². The number of fused-ring (bicyclic) bond motifs is 1. The lowest BCUT2D eigenvalue weighted by Crippen LogP contribution is -2.45. The molecule has 1 aromatic carbocycles. The first-order chi connectivity index (χ1) is 14.7. The maximum absolute atomic E-state index is 10.8. The van der Waals surface area contributed by atoms with Gasteiger partial charge in [0.15, 0.2) is 0 Å². The highest BCUT2D eigenvalue weighted by atomic mass is 32.1. The van der Waals surface area contributed by atoms with E-state index in [9.17, 15) is 9.90 Å². The van der Waals surface area contributed by atoms with Crippen molar-refractivity contribution in [1.29, 1.82) is 0 Å². The predicted molar refractivity (Wildman–Crippen MR) is 125 cm³/mol. The van der Waals surface area contributed by atoms with Crippen LogP contribution in [0.2, 0.25) is 0 Å². The van der Waals surface area contributed by atoms with E-state index in [0.717, 1.165) is 29.7 Å². The Morgan fingerprint density at radius 1 is 1.26 bits per heavy atom. The number of aliphatic hydroxyl groups is 1. The van der Waals surface area contributed by atoms with E-state index >= 15 is 0 Å². The van der Waals surface area contributed by atoms with Gasteiger partial charge in [-0.15, -0.1) is 11.3 Å². The van der Waals surface area contributed by atoms with Crippen LogP contribution in [0, 0.1) is 5.92 Å². The van der Waals surface area contributed by atoms with Crippen LogP contribution in [0.5, 0.6) is 0 Å². The van der Waals surface area contributed by atoms with Gasteiger partial charge in [0.1, 0.15) is 0 Å². The highest BCUT2D eigenvalue weighted by Gasteiger charge is 2.28. The molecule has 6 heteroatoms. The van der Waals surface area contributed by atoms with Crippen LogP contribution in [0.1, 0.15) is 61.3 Å². The zero-order chi connectivity index (χ0) is 22.4. The smallest absolute Gasteiger partial charge is 0.303 e. The molecule has 1 aliphatic carbocycles. The van der Waals surface area contributed by atoms with Crippen LogP contribution in [0.25, 0.3) is 0 Å². The number of ether oxygens (including phenoxy) is 1. The number of carbonyl (C=O) groups is 1. The first-order valence-corrected chi connectivity index (χ1v) is 12.0. The molecule has 0 bridgehead atoms. The van der Waals surface area contributed by atoms with Gasteiger partial charge in [0, 0.05) is 23.4 Å². The molecule has 1 aromatic heterocycles. The number of aryl methyl sites for hydroxylation is 1. The molecule has 170 valence electrons. The number of β-amino-alcohol motifs (C(OH)–C–C–N with tert-alkyl or cyclic N) is 1. The van der Waals surface area contributed by atoms with E-state index in [-0.39, 0.29) is 24.7 Å². The summed E-state index contributed by atoms with van der Waals surface area (Å²) in [5.41, 5.74) is 3.91. The van der Waals surface area contributed by atoms with Gasteiger partial charge >= 0.3 is 5.97 Å². The average molecular weight is 446 g/mol. The monoisotopic (exact) mass is 445 g/mol. The molecule has 2 atom stereocenters. The van der Waals surface area contributed by atoms with E-state index in [2.05, 4.69) is 43.4 Å². The lowest BCUT2D eigenvalue weighted by atomic mass is 9.88. The number of carboxylic acids is 1. The number of hydrogen-bond donors (Lipinski definition) is 3. The molecule has 2 aromatic rings. The van der Waals surface area contributed by atoms with Crippen LogP contribution in [0.4, 0.5) is 0 Å². The van der Waals surface area contributed by atoms with E-state index in [1.54, 1.807) is 11.3 Å². The number of rotatable bonds is 12. The highest BCUT2D eigenvalue weighted by Crippen LogP contribution is 2.32. The second-order valence-corrected chi connectivity index (χ2v) is 10.3. The molecule has 3 rings (SSSR count). The molecule has 3 N–H and O–H groups in total. The van der Waals surface area contributed by atoms with E-state index in [1.165, 1.54) is 11.1 Å². The molecule has 31 heavy (non-hydrogen) atoms. The van der Waals surface area contributed by atoms with Gasteiger partial charge in [-0.05, 0) is 80.5 Å². The van der Waals surface area contributed by atoms with Gasteiger partial charge in [0.25, 0.3) is 0 Å². The van der Waals surface area contributed by atoms with Gasteiger partial charge < -0.3 is 20.3 Å². The van der Waals surface area contributed by atoms with Crippen molar-refractivity contribution in [2.24, 2.45) is 5.92 Å². The summed E-state index contributed by atoms with van der Waals surface area (Å²) in [5.74, 6) is -0.160. The van der Waals surface area contributed by atoms with Gasteiger partial charge in [-0.2, -0.15) is 0 Å². The zero-order valence-corrected chi connectivity index (χ0v) is 19.6. The zero-order valence-electron chi connectivity index (χ0n) is 18.8. The SMILES string of the molecule is CC(OC[C@H](O)CNC(C)(C)CC1Cc2ccccc2C1)c1sccc1CCC(=O)O. The van der Waals surface area contributed by atoms with Crippen LogP contribution in [-0.4, -0.2) is 41.0 Å². The first-order valence-electron chi connectivity index (χ1n) is 11.1. The number of aliphatic hydroxyl groups excluding tert-OH is 1. The van der Waals surface area contributed by atoms with Crippen molar-refractivity contribution in [1.82, 2.24) is 5.32 Å². The number of aliphatic carboxylic acids is 1. The molecule has 0 radical (unpaired) electrons. The van der Waals surface area contributed by atoms with E-state index < -0.39 is 12.1 Å². The lowest BCUT2D eigenvalue weighted by molar-refractivity contribution is -0.136. The number of hydrogen-bond acceptors (Lipinski definition) is 5. The second kappa shape index (κ2) is 10.7. The molecule has 1 aliphatic rings. The van der Waals surface area contributed by atoms with Crippen LogP contribution in [-0.2, 0) is 28.8 Å². The fourth-order valence-electron chi connectivity index (χ4n) is 4.52. The van der Waals surface area contributed by atoms with Crippen molar-refractivity contribution < 1.29 is 19.7 Å². The topological polar surface area (TPSA) is 78.8 Å². The summed E-state index contributed by atoms with van der Waals surface area (Å²) in [6.45, 7) is 7.09. The summed E-state index contributed by atoms with van der Waals surface area (Å²) in [6.07, 6.45) is 3.20. The minimum Gasteiger partial charge on any atom is -0.481 e. The van der Waals surface area contributed by atoms with E-state index in [1.807, 2.05) is 18.4 Å². The summed E-state index contributed by atoms with van der Waals surface area (Å²) >= 11 is 1.58. The molecule has 0 aliphatic heterocycles. The molecule has 0 saturated heterocycles. The number of benzene rings is 1. The quantitative estimate of drug-likeness (QED) is 0.452. The lowest BCUT2D eigenvalue weighted by Gasteiger charge is -2.30. The van der Waals surface area contributed by atoms with Gasteiger partial charge in [-0.25, -0.2) is 0 Å². The third-order valence-electron chi connectivity index (χ3n) is 6.05. The maximum atomic E-state index is 10.8. The molecular formula is C25H35NO4S. The third-order valence-corrected chi connectivity index (χ3v) is 7.17. The normalized spacial score (nSPS) is 16.3. The van der Waals surface area contributed by atoms with Gasteiger partial charge in [0.2, 0.25) is 0 Å². The van der Waals surface area contributed by atoms with E-state index in [0.29, 0.717) is 18.9 Å².